The average Bonchev–Trinajstić information content (AvgIpc) is 2.65. The lowest BCUT2D eigenvalue weighted by Gasteiger charge is -2.30. The Kier molecular flexibility index (Phi) is 6.50. The predicted molar refractivity (Wildman–Crippen MR) is 76.4 cm³/mol. The number of hydrogen-bond acceptors (Lipinski definition) is 2. The van der Waals surface area contributed by atoms with Gasteiger partial charge in [-0.25, -0.2) is 0 Å². The highest BCUT2D eigenvalue weighted by Crippen LogP contribution is 2.24. The van der Waals surface area contributed by atoms with E-state index in [0.29, 0.717) is 5.41 Å². The number of nitrogens with one attached hydrogen (secondary N) is 1. The van der Waals surface area contributed by atoms with Crippen LogP contribution in [0.25, 0.3) is 0 Å². The lowest BCUT2D eigenvalue weighted by molar-refractivity contribution is 0.198. The molecule has 0 aromatic carbocycles. The van der Waals surface area contributed by atoms with Crippen molar-refractivity contribution in [2.45, 2.75) is 53.4 Å². The van der Waals surface area contributed by atoms with Crippen LogP contribution in [0.5, 0.6) is 0 Å². The van der Waals surface area contributed by atoms with Crippen molar-refractivity contribution in [1.82, 2.24) is 10.2 Å². The van der Waals surface area contributed by atoms with E-state index in [1.54, 1.807) is 0 Å². The molecule has 0 spiro atoms. The first-order chi connectivity index (χ1) is 8.07. The van der Waals surface area contributed by atoms with Crippen molar-refractivity contribution in [1.29, 1.82) is 0 Å². The summed E-state index contributed by atoms with van der Waals surface area (Å²) in [6.07, 6.45) is 5.43. The van der Waals surface area contributed by atoms with E-state index in [0.717, 1.165) is 19.0 Å². The standard InChI is InChI=1S/C15H32N2/c1-5-7-14-8-10-17(11-14)13-15(3,4)12-16-9-6-2/h14,16H,5-13H2,1-4H3. The van der Waals surface area contributed by atoms with Gasteiger partial charge in [-0.2, -0.15) is 0 Å². The van der Waals surface area contributed by atoms with Gasteiger partial charge in [-0.15, -0.1) is 0 Å². The third-order valence-electron chi connectivity index (χ3n) is 3.75. The zero-order valence-electron chi connectivity index (χ0n) is 12.4. The lowest BCUT2D eigenvalue weighted by Crippen LogP contribution is -2.39. The van der Waals surface area contributed by atoms with Crippen LogP contribution in [0.3, 0.4) is 0 Å². The van der Waals surface area contributed by atoms with Gasteiger partial charge in [-0.1, -0.05) is 34.1 Å². The molecule has 0 amide bonds. The molecule has 1 N–H and O–H groups in total. The molecule has 1 aliphatic heterocycles. The molecule has 1 atom stereocenters. The summed E-state index contributed by atoms with van der Waals surface area (Å²) in [5.74, 6) is 0.972. The van der Waals surface area contributed by atoms with Crippen LogP contribution in [0.15, 0.2) is 0 Å². The monoisotopic (exact) mass is 240 g/mol. The summed E-state index contributed by atoms with van der Waals surface area (Å²) in [4.78, 5) is 2.67. The number of nitrogens with zero attached hydrogens (tertiary/aromatic N) is 1. The molecule has 102 valence electrons. The first-order valence-corrected chi connectivity index (χ1v) is 7.50. The van der Waals surface area contributed by atoms with E-state index in [4.69, 9.17) is 0 Å². The zero-order valence-corrected chi connectivity index (χ0v) is 12.4. The minimum Gasteiger partial charge on any atom is -0.316 e. The molecule has 17 heavy (non-hydrogen) atoms. The fourth-order valence-electron chi connectivity index (χ4n) is 2.97. The van der Waals surface area contributed by atoms with Crippen LogP contribution in [0.4, 0.5) is 0 Å². The summed E-state index contributed by atoms with van der Waals surface area (Å²) in [6, 6.07) is 0. The molecule has 1 rings (SSSR count). The van der Waals surface area contributed by atoms with Gasteiger partial charge in [0.2, 0.25) is 0 Å². The Balaban J connectivity index is 2.23. The van der Waals surface area contributed by atoms with Crippen molar-refractivity contribution in [3.8, 4) is 0 Å². The fourth-order valence-corrected chi connectivity index (χ4v) is 2.97. The Morgan fingerprint density at radius 1 is 1.24 bits per heavy atom. The Morgan fingerprint density at radius 2 is 2.00 bits per heavy atom. The van der Waals surface area contributed by atoms with Gasteiger partial charge in [-0.3, -0.25) is 0 Å². The SMILES string of the molecule is CCCNCC(C)(C)CN1CCC(CCC)C1. The second-order valence-electron chi connectivity index (χ2n) is 6.52. The minimum absolute atomic E-state index is 0.413. The van der Waals surface area contributed by atoms with Gasteiger partial charge in [0, 0.05) is 19.6 Å². The van der Waals surface area contributed by atoms with Crippen LogP contribution in [0, 0.1) is 11.3 Å². The van der Waals surface area contributed by atoms with Crippen LogP contribution in [-0.4, -0.2) is 37.6 Å². The third-order valence-corrected chi connectivity index (χ3v) is 3.75. The van der Waals surface area contributed by atoms with E-state index in [2.05, 4.69) is 37.9 Å². The maximum atomic E-state index is 3.56. The minimum atomic E-state index is 0.413. The smallest absolute Gasteiger partial charge is 0.00449 e. The molecule has 0 aromatic rings. The number of hydrogen-bond donors (Lipinski definition) is 1. The maximum absolute atomic E-state index is 3.56. The molecule has 1 fully saturated rings. The second kappa shape index (κ2) is 7.38. The normalized spacial score (nSPS) is 22.2. The Morgan fingerprint density at radius 3 is 2.65 bits per heavy atom. The van der Waals surface area contributed by atoms with Crippen molar-refractivity contribution in [2.75, 3.05) is 32.7 Å². The molecule has 0 bridgehead atoms. The van der Waals surface area contributed by atoms with E-state index in [1.807, 2.05) is 0 Å². The van der Waals surface area contributed by atoms with Crippen LogP contribution >= 0.6 is 0 Å². The van der Waals surface area contributed by atoms with E-state index < -0.39 is 0 Å². The maximum Gasteiger partial charge on any atom is 0.00449 e. The number of rotatable bonds is 8. The number of likely N-dealkylation sites (tertiary alicyclic amines) is 1. The lowest BCUT2D eigenvalue weighted by atomic mass is 9.92. The summed E-state index contributed by atoms with van der Waals surface area (Å²) in [7, 11) is 0. The van der Waals surface area contributed by atoms with Crippen LogP contribution in [-0.2, 0) is 0 Å². The molecular formula is C15H32N2. The first-order valence-electron chi connectivity index (χ1n) is 7.50. The second-order valence-corrected chi connectivity index (χ2v) is 6.52. The highest BCUT2D eigenvalue weighted by molar-refractivity contribution is 4.82. The van der Waals surface area contributed by atoms with Crippen molar-refractivity contribution < 1.29 is 0 Å². The van der Waals surface area contributed by atoms with Crippen molar-refractivity contribution in [3.63, 3.8) is 0 Å². The van der Waals surface area contributed by atoms with Gasteiger partial charge in [0.25, 0.3) is 0 Å². The van der Waals surface area contributed by atoms with Gasteiger partial charge in [-0.05, 0) is 43.7 Å². The van der Waals surface area contributed by atoms with Crippen LogP contribution in [0.1, 0.15) is 53.4 Å². The third kappa shape index (κ3) is 5.87. The molecule has 0 aliphatic carbocycles. The van der Waals surface area contributed by atoms with Gasteiger partial charge < -0.3 is 10.2 Å². The quantitative estimate of drug-likeness (QED) is 0.656. The molecule has 0 aromatic heterocycles. The molecule has 0 saturated carbocycles. The molecule has 2 heteroatoms. The van der Waals surface area contributed by atoms with Gasteiger partial charge in [0.05, 0.1) is 0 Å². The Hall–Kier alpha value is -0.0800. The van der Waals surface area contributed by atoms with E-state index >= 15 is 0 Å². The highest BCUT2D eigenvalue weighted by atomic mass is 15.2. The molecule has 1 saturated heterocycles. The van der Waals surface area contributed by atoms with E-state index in [9.17, 15) is 0 Å². The molecule has 1 unspecified atom stereocenters. The van der Waals surface area contributed by atoms with Crippen molar-refractivity contribution >= 4 is 0 Å². The Labute approximate surface area is 108 Å². The Bertz CT molecular complexity index is 201. The van der Waals surface area contributed by atoms with Crippen molar-refractivity contribution in [3.05, 3.63) is 0 Å². The van der Waals surface area contributed by atoms with Crippen molar-refractivity contribution in [2.24, 2.45) is 11.3 Å². The van der Waals surface area contributed by atoms with E-state index in [1.165, 1.54) is 45.3 Å². The van der Waals surface area contributed by atoms with Crippen LogP contribution < -0.4 is 5.32 Å². The first kappa shape index (κ1) is 15.0. The van der Waals surface area contributed by atoms with Gasteiger partial charge in [0.1, 0.15) is 0 Å². The topological polar surface area (TPSA) is 15.3 Å². The summed E-state index contributed by atoms with van der Waals surface area (Å²) in [5, 5.41) is 3.56. The highest BCUT2D eigenvalue weighted by Gasteiger charge is 2.27. The fraction of sp³-hybridized carbons (Fsp3) is 1.00. The predicted octanol–water partition coefficient (Wildman–Crippen LogP) is 3.13. The summed E-state index contributed by atoms with van der Waals surface area (Å²) in [5.41, 5.74) is 0.413. The molecule has 1 aliphatic rings. The average molecular weight is 240 g/mol. The van der Waals surface area contributed by atoms with Gasteiger partial charge >= 0.3 is 0 Å². The molecule has 1 heterocycles. The molecular weight excluding hydrogens is 208 g/mol. The van der Waals surface area contributed by atoms with Crippen LogP contribution in [0.2, 0.25) is 0 Å². The van der Waals surface area contributed by atoms with E-state index in [-0.39, 0.29) is 0 Å². The van der Waals surface area contributed by atoms with Gasteiger partial charge in [0.15, 0.2) is 0 Å². The zero-order chi connectivity index (χ0) is 12.7. The summed E-state index contributed by atoms with van der Waals surface area (Å²) < 4.78 is 0. The summed E-state index contributed by atoms with van der Waals surface area (Å²) in [6.45, 7) is 15.5. The largest absolute Gasteiger partial charge is 0.316 e. The molecule has 2 nitrogen and oxygen atoms in total. The summed E-state index contributed by atoms with van der Waals surface area (Å²) >= 11 is 0. The molecule has 0 radical (unpaired) electrons.